The first-order valence-corrected chi connectivity index (χ1v) is 8.95. The lowest BCUT2D eigenvalue weighted by atomic mass is 10.0. The highest BCUT2D eigenvalue weighted by atomic mass is 16.7. The second kappa shape index (κ2) is 7.60. The SMILES string of the molecule is C[C@H](Oc1ccc2ccccc2c1C=O)C(=O)NCc1ccc2c(c1)OCO2. The van der Waals surface area contributed by atoms with E-state index in [-0.39, 0.29) is 12.7 Å². The molecule has 3 aromatic rings. The Morgan fingerprint density at radius 2 is 1.96 bits per heavy atom. The number of carbonyl (C=O) groups is 2. The third-order valence-electron chi connectivity index (χ3n) is 4.63. The first-order valence-electron chi connectivity index (χ1n) is 8.95. The van der Waals surface area contributed by atoms with Crippen LogP contribution in [0.4, 0.5) is 0 Å². The normalized spacial score (nSPS) is 13.2. The van der Waals surface area contributed by atoms with Crippen molar-refractivity contribution in [3.8, 4) is 17.2 Å². The Labute approximate surface area is 162 Å². The highest BCUT2D eigenvalue weighted by Crippen LogP contribution is 2.32. The van der Waals surface area contributed by atoms with Crippen molar-refractivity contribution in [2.24, 2.45) is 0 Å². The van der Waals surface area contributed by atoms with Gasteiger partial charge in [0.25, 0.3) is 5.91 Å². The monoisotopic (exact) mass is 377 g/mol. The molecule has 1 amide bonds. The number of fused-ring (bicyclic) bond motifs is 2. The van der Waals surface area contributed by atoms with Crippen molar-refractivity contribution in [1.82, 2.24) is 5.32 Å². The van der Waals surface area contributed by atoms with Gasteiger partial charge in [0.1, 0.15) is 5.75 Å². The van der Waals surface area contributed by atoms with E-state index in [2.05, 4.69) is 5.32 Å². The number of carbonyl (C=O) groups excluding carboxylic acids is 2. The summed E-state index contributed by atoms with van der Waals surface area (Å²) in [5.74, 6) is 1.48. The van der Waals surface area contributed by atoms with Crippen molar-refractivity contribution in [2.75, 3.05) is 6.79 Å². The minimum atomic E-state index is -0.756. The lowest BCUT2D eigenvalue weighted by Gasteiger charge is -2.17. The zero-order chi connectivity index (χ0) is 19.5. The Morgan fingerprint density at radius 1 is 1.14 bits per heavy atom. The summed E-state index contributed by atoms with van der Waals surface area (Å²) in [5, 5.41) is 4.57. The third-order valence-corrected chi connectivity index (χ3v) is 4.63. The molecule has 0 saturated heterocycles. The van der Waals surface area contributed by atoms with E-state index in [1.807, 2.05) is 48.5 Å². The van der Waals surface area contributed by atoms with E-state index in [1.54, 1.807) is 13.0 Å². The summed E-state index contributed by atoms with van der Waals surface area (Å²) >= 11 is 0. The molecule has 6 nitrogen and oxygen atoms in total. The fraction of sp³-hybridized carbons (Fsp3) is 0.182. The number of hydrogen-bond donors (Lipinski definition) is 1. The zero-order valence-corrected chi connectivity index (χ0v) is 15.3. The van der Waals surface area contributed by atoms with E-state index in [9.17, 15) is 9.59 Å². The quantitative estimate of drug-likeness (QED) is 0.666. The van der Waals surface area contributed by atoms with Crippen LogP contribution in [0, 0.1) is 0 Å². The van der Waals surface area contributed by atoms with Gasteiger partial charge in [-0.15, -0.1) is 0 Å². The van der Waals surface area contributed by atoms with Crippen molar-refractivity contribution < 1.29 is 23.8 Å². The van der Waals surface area contributed by atoms with Gasteiger partial charge in [0.15, 0.2) is 23.9 Å². The van der Waals surface area contributed by atoms with Gasteiger partial charge < -0.3 is 19.5 Å². The molecule has 1 heterocycles. The summed E-state index contributed by atoms with van der Waals surface area (Å²) in [7, 11) is 0. The Hall–Kier alpha value is -3.54. The first-order chi connectivity index (χ1) is 13.7. The minimum absolute atomic E-state index is 0.209. The van der Waals surface area contributed by atoms with Gasteiger partial charge in [-0.3, -0.25) is 9.59 Å². The molecule has 4 rings (SSSR count). The van der Waals surface area contributed by atoms with E-state index in [0.29, 0.717) is 29.4 Å². The topological polar surface area (TPSA) is 73.9 Å². The smallest absolute Gasteiger partial charge is 0.261 e. The molecule has 1 atom stereocenters. The van der Waals surface area contributed by atoms with E-state index < -0.39 is 6.10 Å². The molecule has 1 N–H and O–H groups in total. The summed E-state index contributed by atoms with van der Waals surface area (Å²) in [4.78, 5) is 24.0. The molecule has 0 radical (unpaired) electrons. The lowest BCUT2D eigenvalue weighted by Crippen LogP contribution is -2.36. The molecule has 0 aromatic heterocycles. The number of ether oxygens (including phenoxy) is 3. The predicted molar refractivity (Wildman–Crippen MR) is 104 cm³/mol. The van der Waals surface area contributed by atoms with E-state index in [4.69, 9.17) is 14.2 Å². The number of aldehydes is 1. The largest absolute Gasteiger partial charge is 0.480 e. The fourth-order valence-corrected chi connectivity index (χ4v) is 3.13. The molecular formula is C22H19NO5. The zero-order valence-electron chi connectivity index (χ0n) is 15.3. The van der Waals surface area contributed by atoms with E-state index in [0.717, 1.165) is 22.6 Å². The average molecular weight is 377 g/mol. The Morgan fingerprint density at radius 3 is 2.82 bits per heavy atom. The average Bonchev–Trinajstić information content (AvgIpc) is 3.19. The van der Waals surface area contributed by atoms with Crippen LogP contribution in [0.1, 0.15) is 22.8 Å². The number of rotatable bonds is 6. The fourth-order valence-electron chi connectivity index (χ4n) is 3.13. The maximum Gasteiger partial charge on any atom is 0.261 e. The summed E-state index contributed by atoms with van der Waals surface area (Å²) in [6.45, 7) is 2.20. The molecule has 0 fully saturated rings. The van der Waals surface area contributed by atoms with Gasteiger partial charge in [0, 0.05) is 6.54 Å². The van der Waals surface area contributed by atoms with Crippen LogP contribution < -0.4 is 19.5 Å². The Balaban J connectivity index is 1.43. The van der Waals surface area contributed by atoms with Crippen molar-refractivity contribution in [3.63, 3.8) is 0 Å². The van der Waals surface area contributed by atoms with Crippen LogP contribution in [0.3, 0.4) is 0 Å². The van der Waals surface area contributed by atoms with Gasteiger partial charge in [0.2, 0.25) is 6.79 Å². The molecule has 142 valence electrons. The van der Waals surface area contributed by atoms with Crippen LogP contribution in [-0.2, 0) is 11.3 Å². The molecule has 28 heavy (non-hydrogen) atoms. The number of benzene rings is 3. The van der Waals surface area contributed by atoms with Gasteiger partial charge in [-0.2, -0.15) is 0 Å². The Bertz CT molecular complexity index is 1050. The Kier molecular flexibility index (Phi) is 4.85. The van der Waals surface area contributed by atoms with Crippen LogP contribution >= 0.6 is 0 Å². The van der Waals surface area contributed by atoms with Crippen LogP contribution in [0.15, 0.2) is 54.6 Å². The van der Waals surface area contributed by atoms with Gasteiger partial charge >= 0.3 is 0 Å². The third kappa shape index (κ3) is 3.49. The van der Waals surface area contributed by atoms with Gasteiger partial charge in [-0.25, -0.2) is 0 Å². The highest BCUT2D eigenvalue weighted by molar-refractivity contribution is 6.00. The lowest BCUT2D eigenvalue weighted by molar-refractivity contribution is -0.127. The summed E-state index contributed by atoms with van der Waals surface area (Å²) in [6.07, 6.45) is 0.00316. The van der Waals surface area contributed by atoms with E-state index in [1.165, 1.54) is 0 Å². The maximum absolute atomic E-state index is 12.4. The van der Waals surface area contributed by atoms with Crippen molar-refractivity contribution >= 4 is 23.0 Å². The standard InChI is InChI=1S/C22H19NO5/c1-14(22(25)23-11-15-6-8-20-21(10-15)27-13-26-20)28-19-9-7-16-4-2-3-5-17(16)18(19)12-24/h2-10,12,14H,11,13H2,1H3,(H,23,25)/t14-/m0/s1. The number of hydrogen-bond acceptors (Lipinski definition) is 5. The molecule has 3 aromatic carbocycles. The first kappa shape index (κ1) is 17.9. The molecule has 0 saturated carbocycles. The molecule has 0 bridgehead atoms. The van der Waals surface area contributed by atoms with Crippen molar-refractivity contribution in [1.29, 1.82) is 0 Å². The summed E-state index contributed by atoms with van der Waals surface area (Å²) in [5.41, 5.74) is 1.33. The molecule has 0 aliphatic carbocycles. The molecule has 1 aliphatic heterocycles. The van der Waals surface area contributed by atoms with Gasteiger partial charge in [-0.05, 0) is 41.5 Å². The second-order valence-corrected chi connectivity index (χ2v) is 6.48. The summed E-state index contributed by atoms with van der Waals surface area (Å²) in [6, 6.07) is 16.7. The van der Waals surface area contributed by atoms with Crippen LogP contribution in [0.25, 0.3) is 10.8 Å². The van der Waals surface area contributed by atoms with Crippen molar-refractivity contribution in [2.45, 2.75) is 19.6 Å². The van der Waals surface area contributed by atoms with Crippen LogP contribution in [0.2, 0.25) is 0 Å². The molecular weight excluding hydrogens is 358 g/mol. The van der Waals surface area contributed by atoms with Crippen LogP contribution in [-0.4, -0.2) is 25.1 Å². The van der Waals surface area contributed by atoms with Crippen LogP contribution in [0.5, 0.6) is 17.2 Å². The maximum atomic E-state index is 12.4. The summed E-state index contributed by atoms with van der Waals surface area (Å²) < 4.78 is 16.4. The minimum Gasteiger partial charge on any atom is -0.480 e. The predicted octanol–water partition coefficient (Wildman–Crippen LogP) is 3.46. The van der Waals surface area contributed by atoms with Gasteiger partial charge in [-0.1, -0.05) is 36.4 Å². The molecule has 0 unspecified atom stereocenters. The molecule has 1 aliphatic rings. The van der Waals surface area contributed by atoms with E-state index >= 15 is 0 Å². The highest BCUT2D eigenvalue weighted by Gasteiger charge is 2.18. The number of nitrogens with one attached hydrogen (secondary N) is 1. The van der Waals surface area contributed by atoms with Crippen molar-refractivity contribution in [3.05, 3.63) is 65.7 Å². The van der Waals surface area contributed by atoms with Gasteiger partial charge in [0.05, 0.1) is 5.56 Å². The second-order valence-electron chi connectivity index (χ2n) is 6.48. The number of amides is 1. The molecule has 6 heteroatoms. The molecule has 0 spiro atoms.